The van der Waals surface area contributed by atoms with Crippen LogP contribution in [0.15, 0.2) is 53.3 Å². The van der Waals surface area contributed by atoms with Crippen molar-refractivity contribution in [2.24, 2.45) is 0 Å². The van der Waals surface area contributed by atoms with E-state index in [0.29, 0.717) is 42.0 Å². The molecule has 7 rings (SSSR count). The zero-order chi connectivity index (χ0) is 28.5. The number of piperazine rings is 2. The molecule has 42 heavy (non-hydrogen) atoms. The first-order valence-corrected chi connectivity index (χ1v) is 14.5. The molecule has 4 aromatic heterocycles. The Labute approximate surface area is 242 Å². The zero-order valence-corrected chi connectivity index (χ0v) is 23.5. The van der Waals surface area contributed by atoms with Crippen LogP contribution in [0.25, 0.3) is 28.0 Å². The molecule has 0 aliphatic carbocycles. The molecule has 220 valence electrons. The second-order valence-corrected chi connectivity index (χ2v) is 10.8. The van der Waals surface area contributed by atoms with Crippen LogP contribution in [0, 0.1) is 5.82 Å². The molecule has 0 atom stereocenters. The van der Waals surface area contributed by atoms with Gasteiger partial charge in [-0.1, -0.05) is 0 Å². The lowest BCUT2D eigenvalue weighted by Gasteiger charge is -2.36. The SMILES string of the molecule is Nc1nc2c(cnn2CCN2CCN(c3ccc(OCCN4CCNCC4)cc3F)CC2)c2cc(-c3ccco3)nn12. The summed E-state index contributed by atoms with van der Waals surface area (Å²) < 4.78 is 29.9. The van der Waals surface area contributed by atoms with E-state index in [9.17, 15) is 0 Å². The van der Waals surface area contributed by atoms with Crippen molar-refractivity contribution in [3.05, 3.63) is 54.7 Å². The number of hydrogen-bond acceptors (Lipinski definition) is 10. The van der Waals surface area contributed by atoms with Crippen LogP contribution in [0.1, 0.15) is 0 Å². The first-order valence-electron chi connectivity index (χ1n) is 14.5. The molecular formula is C29H35FN10O2. The Morgan fingerprint density at radius 2 is 1.81 bits per heavy atom. The maximum absolute atomic E-state index is 15.0. The van der Waals surface area contributed by atoms with Crippen molar-refractivity contribution in [2.75, 3.05) is 82.7 Å². The number of halogens is 1. The highest BCUT2D eigenvalue weighted by Crippen LogP contribution is 2.27. The lowest BCUT2D eigenvalue weighted by molar-refractivity contribution is 0.191. The van der Waals surface area contributed by atoms with Crippen LogP contribution in [-0.4, -0.2) is 106 Å². The van der Waals surface area contributed by atoms with Gasteiger partial charge in [-0.25, -0.2) is 9.07 Å². The van der Waals surface area contributed by atoms with E-state index in [1.54, 1.807) is 10.8 Å². The lowest BCUT2D eigenvalue weighted by Crippen LogP contribution is -2.47. The van der Waals surface area contributed by atoms with E-state index >= 15 is 4.39 Å². The van der Waals surface area contributed by atoms with Gasteiger partial charge in [-0.05, 0) is 30.3 Å². The normalized spacial score (nSPS) is 17.0. The Balaban J connectivity index is 0.941. The van der Waals surface area contributed by atoms with Gasteiger partial charge < -0.3 is 25.1 Å². The third-order valence-corrected chi connectivity index (χ3v) is 8.15. The highest BCUT2D eigenvalue weighted by Gasteiger charge is 2.21. The fraction of sp³-hybridized carbons (Fsp3) is 0.414. The van der Waals surface area contributed by atoms with Crippen molar-refractivity contribution in [3.8, 4) is 17.2 Å². The summed E-state index contributed by atoms with van der Waals surface area (Å²) in [6.07, 6.45) is 3.43. The van der Waals surface area contributed by atoms with Gasteiger partial charge in [0, 0.05) is 71.5 Å². The Hall–Kier alpha value is -4.20. The van der Waals surface area contributed by atoms with E-state index in [1.807, 2.05) is 41.2 Å². The monoisotopic (exact) mass is 574 g/mol. The van der Waals surface area contributed by atoms with Crippen molar-refractivity contribution in [1.29, 1.82) is 0 Å². The van der Waals surface area contributed by atoms with Crippen molar-refractivity contribution in [1.82, 2.24) is 39.5 Å². The van der Waals surface area contributed by atoms with Gasteiger partial charge in [0.1, 0.15) is 23.9 Å². The van der Waals surface area contributed by atoms with Crippen molar-refractivity contribution in [2.45, 2.75) is 6.54 Å². The van der Waals surface area contributed by atoms with E-state index in [1.165, 1.54) is 6.07 Å². The molecule has 0 radical (unpaired) electrons. The number of rotatable bonds is 9. The van der Waals surface area contributed by atoms with Gasteiger partial charge in [0.2, 0.25) is 5.95 Å². The third-order valence-electron chi connectivity index (χ3n) is 8.15. The summed E-state index contributed by atoms with van der Waals surface area (Å²) in [6, 6.07) is 10.9. The molecule has 2 saturated heterocycles. The van der Waals surface area contributed by atoms with Crippen LogP contribution in [0.2, 0.25) is 0 Å². The molecule has 13 heteroatoms. The van der Waals surface area contributed by atoms with Gasteiger partial charge in [0.05, 0.1) is 35.6 Å². The molecule has 1 aromatic carbocycles. The molecule has 0 spiro atoms. The maximum atomic E-state index is 15.0. The standard InChI is InChI=1S/C29H35FN10O2/c30-23-18-21(41-17-15-36-7-5-32-6-8-36)3-4-25(23)38-12-9-37(10-13-38)11-14-39-28-22(20-33-39)26-19-24(27-2-1-16-42-27)35-40(26)29(31)34-28/h1-4,16,18-20,32H,5-15,17H2,(H2,31,34). The van der Waals surface area contributed by atoms with Gasteiger partial charge in [-0.3, -0.25) is 9.80 Å². The van der Waals surface area contributed by atoms with E-state index in [2.05, 4.69) is 35.2 Å². The zero-order valence-electron chi connectivity index (χ0n) is 23.5. The average molecular weight is 575 g/mol. The number of anilines is 2. The topological polar surface area (TPSA) is 118 Å². The van der Waals surface area contributed by atoms with E-state index in [-0.39, 0.29) is 5.82 Å². The van der Waals surface area contributed by atoms with Crippen LogP contribution in [0.3, 0.4) is 0 Å². The largest absolute Gasteiger partial charge is 0.492 e. The summed E-state index contributed by atoms with van der Waals surface area (Å²) in [4.78, 5) is 11.4. The molecule has 3 N–H and O–H groups in total. The molecule has 0 unspecified atom stereocenters. The van der Waals surface area contributed by atoms with E-state index in [4.69, 9.17) is 14.9 Å². The minimum atomic E-state index is -0.240. The van der Waals surface area contributed by atoms with E-state index < -0.39 is 0 Å². The molecule has 0 amide bonds. The number of nitrogens with one attached hydrogen (secondary N) is 1. The first-order chi connectivity index (χ1) is 20.6. The average Bonchev–Trinajstić information content (AvgIpc) is 3.78. The van der Waals surface area contributed by atoms with Gasteiger partial charge in [-0.15, -0.1) is 0 Å². The summed E-state index contributed by atoms with van der Waals surface area (Å²) >= 11 is 0. The molecule has 2 aliphatic heterocycles. The minimum absolute atomic E-state index is 0.240. The summed E-state index contributed by atoms with van der Waals surface area (Å²) in [6.45, 7) is 10.1. The quantitative estimate of drug-likeness (QED) is 0.271. The first kappa shape index (κ1) is 26.7. The third kappa shape index (κ3) is 5.38. The number of hydrogen-bond donors (Lipinski definition) is 2. The second kappa shape index (κ2) is 11.6. The molecule has 12 nitrogen and oxygen atoms in total. The van der Waals surface area contributed by atoms with Crippen LogP contribution in [-0.2, 0) is 6.54 Å². The number of nitrogens with two attached hydrogens (primary N) is 1. The van der Waals surface area contributed by atoms with Crippen molar-refractivity contribution < 1.29 is 13.5 Å². The molecule has 2 fully saturated rings. The van der Waals surface area contributed by atoms with Gasteiger partial charge in [0.25, 0.3) is 0 Å². The summed E-state index contributed by atoms with van der Waals surface area (Å²) in [5.74, 6) is 1.30. The number of benzene rings is 1. The number of nitrogen functional groups attached to an aromatic ring is 1. The lowest BCUT2D eigenvalue weighted by atomic mass is 10.2. The molecular weight excluding hydrogens is 539 g/mol. The Morgan fingerprint density at radius 3 is 2.60 bits per heavy atom. The van der Waals surface area contributed by atoms with Gasteiger partial charge in [-0.2, -0.15) is 19.7 Å². The Bertz CT molecular complexity index is 1650. The predicted octanol–water partition coefficient (Wildman–Crippen LogP) is 2.17. The number of ether oxygens (including phenoxy) is 1. The Morgan fingerprint density at radius 1 is 0.976 bits per heavy atom. The number of fused-ring (bicyclic) bond motifs is 3. The van der Waals surface area contributed by atoms with Crippen LogP contribution < -0.4 is 20.7 Å². The number of furan rings is 1. The summed E-state index contributed by atoms with van der Waals surface area (Å²) in [7, 11) is 0. The predicted molar refractivity (Wildman–Crippen MR) is 158 cm³/mol. The van der Waals surface area contributed by atoms with Crippen LogP contribution >= 0.6 is 0 Å². The maximum Gasteiger partial charge on any atom is 0.223 e. The fourth-order valence-corrected chi connectivity index (χ4v) is 5.80. The smallest absolute Gasteiger partial charge is 0.223 e. The summed E-state index contributed by atoms with van der Waals surface area (Å²) in [5.41, 5.74) is 9.14. The molecule has 2 aliphatic rings. The molecule has 6 heterocycles. The summed E-state index contributed by atoms with van der Waals surface area (Å²) in [5, 5.41) is 13.4. The van der Waals surface area contributed by atoms with Gasteiger partial charge in [0.15, 0.2) is 11.4 Å². The highest BCUT2D eigenvalue weighted by atomic mass is 19.1. The highest BCUT2D eigenvalue weighted by molar-refractivity contribution is 5.93. The second-order valence-electron chi connectivity index (χ2n) is 10.8. The van der Waals surface area contributed by atoms with Crippen molar-refractivity contribution >= 4 is 28.2 Å². The van der Waals surface area contributed by atoms with E-state index in [0.717, 1.165) is 82.0 Å². The number of aromatic nitrogens is 5. The van der Waals surface area contributed by atoms with Crippen LogP contribution in [0.4, 0.5) is 16.0 Å². The fourth-order valence-electron chi connectivity index (χ4n) is 5.80. The minimum Gasteiger partial charge on any atom is -0.492 e. The molecule has 0 saturated carbocycles. The number of nitrogens with zero attached hydrogens (tertiary/aromatic N) is 8. The Kier molecular flexibility index (Phi) is 7.36. The van der Waals surface area contributed by atoms with Crippen molar-refractivity contribution in [3.63, 3.8) is 0 Å². The molecule has 5 aromatic rings. The molecule has 0 bridgehead atoms. The van der Waals surface area contributed by atoms with Gasteiger partial charge >= 0.3 is 0 Å². The van der Waals surface area contributed by atoms with Crippen LogP contribution in [0.5, 0.6) is 5.75 Å².